The maximum atomic E-state index is 4.83. The van der Waals surface area contributed by atoms with Gasteiger partial charge in [0.05, 0.1) is 11.4 Å². The van der Waals surface area contributed by atoms with E-state index in [0.717, 1.165) is 16.6 Å². The summed E-state index contributed by atoms with van der Waals surface area (Å²) in [7, 11) is 2.05. The summed E-state index contributed by atoms with van der Waals surface area (Å²) in [6, 6.07) is 9.00. The minimum Gasteiger partial charge on any atom is -0.312 e. The lowest BCUT2D eigenvalue weighted by molar-refractivity contribution is 0.501. The van der Waals surface area contributed by atoms with E-state index in [0.29, 0.717) is 6.04 Å². The Morgan fingerprint density at radius 1 is 1.40 bits per heavy atom. The SMILES string of the molecule is CNC1CCCc2nc(CSc3ccc(Br)cc3)sc21. The smallest absolute Gasteiger partial charge is 0.103 e. The van der Waals surface area contributed by atoms with Gasteiger partial charge in [0.25, 0.3) is 0 Å². The van der Waals surface area contributed by atoms with Crippen LogP contribution < -0.4 is 5.32 Å². The van der Waals surface area contributed by atoms with E-state index in [1.165, 1.54) is 33.3 Å². The number of thioether (sulfide) groups is 1. The fourth-order valence-electron chi connectivity index (χ4n) is 2.48. The molecular weight excluding hydrogens is 352 g/mol. The standard InChI is InChI=1S/C15H17BrN2S2/c1-17-12-3-2-4-13-15(12)20-14(18-13)9-19-11-7-5-10(16)6-8-11/h5-8,12,17H,2-4,9H2,1H3. The molecular formula is C15H17BrN2S2. The molecule has 1 unspecified atom stereocenters. The van der Waals surface area contributed by atoms with Crippen molar-refractivity contribution in [3.05, 3.63) is 44.3 Å². The third kappa shape index (κ3) is 3.27. The molecule has 2 nitrogen and oxygen atoms in total. The molecule has 0 radical (unpaired) electrons. The van der Waals surface area contributed by atoms with Crippen molar-refractivity contribution in [1.29, 1.82) is 0 Å². The van der Waals surface area contributed by atoms with Crippen LogP contribution in [-0.2, 0) is 12.2 Å². The molecule has 5 heteroatoms. The van der Waals surface area contributed by atoms with Crippen molar-refractivity contribution in [3.8, 4) is 0 Å². The van der Waals surface area contributed by atoms with Crippen LogP contribution in [0.25, 0.3) is 0 Å². The van der Waals surface area contributed by atoms with Gasteiger partial charge in [-0.3, -0.25) is 0 Å². The Bertz CT molecular complexity index is 580. The predicted molar refractivity (Wildman–Crippen MR) is 90.6 cm³/mol. The molecule has 106 valence electrons. The number of hydrogen-bond acceptors (Lipinski definition) is 4. The molecule has 20 heavy (non-hydrogen) atoms. The van der Waals surface area contributed by atoms with E-state index >= 15 is 0 Å². The average Bonchev–Trinajstić information content (AvgIpc) is 2.89. The minimum atomic E-state index is 0.516. The van der Waals surface area contributed by atoms with Crippen LogP contribution in [0.3, 0.4) is 0 Å². The monoisotopic (exact) mass is 368 g/mol. The molecule has 2 aromatic rings. The van der Waals surface area contributed by atoms with Crippen LogP contribution in [0.4, 0.5) is 0 Å². The van der Waals surface area contributed by atoms with Crippen LogP contribution in [-0.4, -0.2) is 12.0 Å². The number of thiazole rings is 1. The first kappa shape index (κ1) is 14.6. The van der Waals surface area contributed by atoms with Crippen LogP contribution in [0, 0.1) is 0 Å². The maximum Gasteiger partial charge on any atom is 0.103 e. The summed E-state index contributed by atoms with van der Waals surface area (Å²) in [6.45, 7) is 0. The molecule has 1 heterocycles. The van der Waals surface area contributed by atoms with Gasteiger partial charge >= 0.3 is 0 Å². The molecule has 1 atom stereocenters. The fraction of sp³-hybridized carbons (Fsp3) is 0.400. The zero-order valence-corrected chi connectivity index (χ0v) is 14.6. The number of rotatable bonds is 4. The summed E-state index contributed by atoms with van der Waals surface area (Å²) in [6.07, 6.45) is 3.64. The largest absolute Gasteiger partial charge is 0.312 e. The number of hydrogen-bond donors (Lipinski definition) is 1. The summed E-state index contributed by atoms with van der Waals surface area (Å²) in [5.74, 6) is 0.968. The second-order valence-corrected chi connectivity index (χ2v) is 7.97. The lowest BCUT2D eigenvalue weighted by Crippen LogP contribution is -2.19. The van der Waals surface area contributed by atoms with E-state index in [9.17, 15) is 0 Å². The molecule has 1 aliphatic rings. The fourth-order valence-corrected chi connectivity index (χ4v) is 4.90. The first-order valence-electron chi connectivity index (χ1n) is 6.80. The lowest BCUT2D eigenvalue weighted by atomic mass is 9.98. The minimum absolute atomic E-state index is 0.516. The second-order valence-electron chi connectivity index (χ2n) is 4.89. The van der Waals surface area contributed by atoms with E-state index in [4.69, 9.17) is 4.98 Å². The Morgan fingerprint density at radius 2 is 2.20 bits per heavy atom. The Hall–Kier alpha value is -0.360. The van der Waals surface area contributed by atoms with Crippen molar-refractivity contribution in [2.24, 2.45) is 0 Å². The van der Waals surface area contributed by atoms with Crippen molar-refractivity contribution in [1.82, 2.24) is 10.3 Å². The topological polar surface area (TPSA) is 24.9 Å². The third-order valence-electron chi connectivity index (χ3n) is 3.52. The summed E-state index contributed by atoms with van der Waals surface area (Å²) in [5, 5.41) is 4.67. The Morgan fingerprint density at radius 3 is 2.95 bits per heavy atom. The van der Waals surface area contributed by atoms with Crippen LogP contribution in [0.2, 0.25) is 0 Å². The van der Waals surface area contributed by atoms with E-state index in [-0.39, 0.29) is 0 Å². The molecule has 1 aromatic heterocycles. The molecule has 1 aliphatic carbocycles. The van der Waals surface area contributed by atoms with Crippen molar-refractivity contribution in [2.45, 2.75) is 36.0 Å². The van der Waals surface area contributed by atoms with Gasteiger partial charge in [-0.2, -0.15) is 0 Å². The number of halogens is 1. The Labute approximate surface area is 136 Å². The molecule has 1 aromatic carbocycles. The first-order chi connectivity index (χ1) is 9.76. The van der Waals surface area contributed by atoms with Gasteiger partial charge in [0, 0.05) is 20.3 Å². The highest BCUT2D eigenvalue weighted by Gasteiger charge is 2.23. The number of aryl methyl sites for hydroxylation is 1. The van der Waals surface area contributed by atoms with Crippen molar-refractivity contribution >= 4 is 39.0 Å². The van der Waals surface area contributed by atoms with Gasteiger partial charge < -0.3 is 5.32 Å². The molecule has 1 N–H and O–H groups in total. The Balaban J connectivity index is 1.69. The zero-order chi connectivity index (χ0) is 13.9. The first-order valence-corrected chi connectivity index (χ1v) is 9.40. The summed E-state index contributed by atoms with van der Waals surface area (Å²) >= 11 is 7.22. The Kier molecular flexibility index (Phi) is 4.81. The predicted octanol–water partition coefficient (Wildman–Crippen LogP) is 4.79. The van der Waals surface area contributed by atoms with E-state index < -0.39 is 0 Å². The highest BCUT2D eigenvalue weighted by Crippen LogP contribution is 2.36. The lowest BCUT2D eigenvalue weighted by Gasteiger charge is -2.20. The van der Waals surface area contributed by atoms with Gasteiger partial charge in [-0.05, 0) is 50.6 Å². The van der Waals surface area contributed by atoms with Crippen molar-refractivity contribution in [2.75, 3.05) is 7.05 Å². The normalized spacial score (nSPS) is 18.0. The zero-order valence-electron chi connectivity index (χ0n) is 11.4. The van der Waals surface area contributed by atoms with Gasteiger partial charge in [-0.15, -0.1) is 23.1 Å². The number of nitrogens with one attached hydrogen (secondary N) is 1. The third-order valence-corrected chi connectivity index (χ3v) is 6.47. The summed E-state index contributed by atoms with van der Waals surface area (Å²) in [5.41, 5.74) is 1.33. The maximum absolute atomic E-state index is 4.83. The summed E-state index contributed by atoms with van der Waals surface area (Å²) < 4.78 is 1.13. The molecule has 0 spiro atoms. The quantitative estimate of drug-likeness (QED) is 0.784. The van der Waals surface area contributed by atoms with Gasteiger partial charge in [-0.25, -0.2) is 4.98 Å². The summed E-state index contributed by atoms with van der Waals surface area (Å²) in [4.78, 5) is 7.59. The molecule has 0 fully saturated rings. The number of nitrogens with zero attached hydrogens (tertiary/aromatic N) is 1. The van der Waals surface area contributed by atoms with Crippen molar-refractivity contribution < 1.29 is 0 Å². The van der Waals surface area contributed by atoms with Crippen LogP contribution in [0.15, 0.2) is 33.6 Å². The molecule has 0 bridgehead atoms. The number of benzene rings is 1. The molecule has 0 amide bonds. The van der Waals surface area contributed by atoms with E-state index in [2.05, 4.69) is 52.6 Å². The van der Waals surface area contributed by atoms with E-state index in [1.54, 1.807) is 0 Å². The average molecular weight is 369 g/mol. The van der Waals surface area contributed by atoms with Gasteiger partial charge in [0.15, 0.2) is 0 Å². The highest BCUT2D eigenvalue weighted by atomic mass is 79.9. The second kappa shape index (κ2) is 6.60. The van der Waals surface area contributed by atoms with Gasteiger partial charge in [-0.1, -0.05) is 15.9 Å². The van der Waals surface area contributed by atoms with Gasteiger partial charge in [0.2, 0.25) is 0 Å². The number of fused-ring (bicyclic) bond motifs is 1. The van der Waals surface area contributed by atoms with Gasteiger partial charge in [0.1, 0.15) is 5.01 Å². The molecule has 3 rings (SSSR count). The number of aromatic nitrogens is 1. The molecule has 0 saturated heterocycles. The van der Waals surface area contributed by atoms with Crippen LogP contribution in [0.5, 0.6) is 0 Å². The highest BCUT2D eigenvalue weighted by molar-refractivity contribution is 9.10. The van der Waals surface area contributed by atoms with Crippen LogP contribution in [0.1, 0.15) is 34.5 Å². The molecule has 0 saturated carbocycles. The van der Waals surface area contributed by atoms with Crippen molar-refractivity contribution in [3.63, 3.8) is 0 Å². The van der Waals surface area contributed by atoms with Crippen LogP contribution >= 0.6 is 39.0 Å². The van der Waals surface area contributed by atoms with E-state index in [1.807, 2.05) is 23.1 Å². The molecule has 0 aliphatic heterocycles.